The quantitative estimate of drug-likeness (QED) is 0.776. The number of rotatable bonds is 6. The fraction of sp³-hybridized carbons (Fsp3) is 0.333. The molecule has 1 aromatic heterocycles. The van der Waals surface area contributed by atoms with Crippen LogP contribution in [-0.4, -0.2) is 33.1 Å². The molecule has 0 radical (unpaired) electrons. The van der Waals surface area contributed by atoms with E-state index in [1.54, 1.807) is 0 Å². The highest BCUT2D eigenvalue weighted by molar-refractivity contribution is 5.76. The van der Waals surface area contributed by atoms with Gasteiger partial charge in [-0.15, -0.1) is 10.2 Å². The molecule has 0 aliphatic heterocycles. The number of aromatic nitrogens is 4. The number of nitrogens with zero attached hydrogens (tertiary/aromatic N) is 3. The first-order valence-electron chi connectivity index (χ1n) is 5.87. The number of aromatic amines is 1. The van der Waals surface area contributed by atoms with Crippen molar-refractivity contribution < 1.29 is 4.79 Å². The molecule has 0 bridgehead atoms. The van der Waals surface area contributed by atoms with Gasteiger partial charge in [0, 0.05) is 19.4 Å². The van der Waals surface area contributed by atoms with Crippen LogP contribution in [0, 0.1) is 0 Å². The molecule has 1 heterocycles. The van der Waals surface area contributed by atoms with Crippen LogP contribution >= 0.6 is 0 Å². The number of amides is 1. The molecule has 0 atom stereocenters. The number of benzene rings is 1. The summed E-state index contributed by atoms with van der Waals surface area (Å²) in [6, 6.07) is 9.96. The van der Waals surface area contributed by atoms with E-state index in [1.165, 1.54) is 5.56 Å². The normalized spacial score (nSPS) is 10.2. The van der Waals surface area contributed by atoms with Crippen molar-refractivity contribution in [3.8, 4) is 0 Å². The second-order valence-electron chi connectivity index (χ2n) is 3.91. The van der Waals surface area contributed by atoms with Crippen LogP contribution in [0.4, 0.5) is 0 Å². The van der Waals surface area contributed by atoms with Crippen molar-refractivity contribution in [1.82, 2.24) is 25.9 Å². The molecule has 18 heavy (non-hydrogen) atoms. The number of nitrogens with one attached hydrogen (secondary N) is 2. The molecule has 0 aliphatic rings. The number of aryl methyl sites for hydroxylation is 1. The first-order chi connectivity index (χ1) is 8.84. The molecule has 94 valence electrons. The number of carbonyl (C=O) groups excluding carboxylic acids is 1. The van der Waals surface area contributed by atoms with Crippen LogP contribution in [0.25, 0.3) is 0 Å². The molecule has 0 saturated carbocycles. The van der Waals surface area contributed by atoms with Crippen molar-refractivity contribution in [2.45, 2.75) is 19.3 Å². The van der Waals surface area contributed by atoms with E-state index in [-0.39, 0.29) is 5.91 Å². The van der Waals surface area contributed by atoms with Gasteiger partial charge in [-0.3, -0.25) is 4.79 Å². The van der Waals surface area contributed by atoms with Gasteiger partial charge in [-0.2, -0.15) is 5.21 Å². The third kappa shape index (κ3) is 3.97. The van der Waals surface area contributed by atoms with Crippen molar-refractivity contribution in [3.63, 3.8) is 0 Å². The predicted octanol–water partition coefficient (Wildman–Crippen LogP) is 0.491. The maximum atomic E-state index is 11.6. The molecule has 2 N–H and O–H groups in total. The number of tetrazole rings is 1. The summed E-state index contributed by atoms with van der Waals surface area (Å²) in [7, 11) is 0. The molecule has 0 spiro atoms. The number of hydrogen-bond donors (Lipinski definition) is 2. The van der Waals surface area contributed by atoms with E-state index in [2.05, 4.69) is 25.9 Å². The van der Waals surface area contributed by atoms with E-state index in [9.17, 15) is 4.79 Å². The Kier molecular flexibility index (Phi) is 4.40. The van der Waals surface area contributed by atoms with Crippen molar-refractivity contribution in [1.29, 1.82) is 0 Å². The highest BCUT2D eigenvalue weighted by Gasteiger charge is 2.03. The summed E-state index contributed by atoms with van der Waals surface area (Å²) in [5.74, 6) is 0.653. The zero-order valence-electron chi connectivity index (χ0n) is 9.97. The minimum atomic E-state index is 0.0438. The van der Waals surface area contributed by atoms with Gasteiger partial charge in [0.2, 0.25) is 5.91 Å². The SMILES string of the molecule is O=C(CCc1ccccc1)NCCc1nn[nH]n1. The lowest BCUT2D eigenvalue weighted by atomic mass is 10.1. The van der Waals surface area contributed by atoms with Crippen molar-refractivity contribution >= 4 is 5.91 Å². The van der Waals surface area contributed by atoms with E-state index in [0.717, 1.165) is 6.42 Å². The van der Waals surface area contributed by atoms with Gasteiger partial charge in [0.05, 0.1) is 0 Å². The van der Waals surface area contributed by atoms with Crippen LogP contribution in [0.1, 0.15) is 17.8 Å². The molecule has 0 fully saturated rings. The number of hydrogen-bond acceptors (Lipinski definition) is 4. The largest absolute Gasteiger partial charge is 0.356 e. The van der Waals surface area contributed by atoms with Crippen LogP contribution in [0.3, 0.4) is 0 Å². The Hall–Kier alpha value is -2.24. The summed E-state index contributed by atoms with van der Waals surface area (Å²) >= 11 is 0. The first kappa shape index (κ1) is 12.2. The molecule has 0 saturated heterocycles. The monoisotopic (exact) mass is 245 g/mol. The Morgan fingerprint density at radius 2 is 2.06 bits per heavy atom. The second kappa shape index (κ2) is 6.48. The average molecular weight is 245 g/mol. The molecular weight excluding hydrogens is 230 g/mol. The van der Waals surface area contributed by atoms with Crippen molar-refractivity contribution in [3.05, 3.63) is 41.7 Å². The Morgan fingerprint density at radius 1 is 1.22 bits per heavy atom. The van der Waals surface area contributed by atoms with Gasteiger partial charge in [0.25, 0.3) is 0 Å². The molecule has 2 aromatic rings. The van der Waals surface area contributed by atoms with Crippen LogP contribution in [0.2, 0.25) is 0 Å². The minimum absolute atomic E-state index is 0.0438. The molecule has 6 nitrogen and oxygen atoms in total. The van der Waals surface area contributed by atoms with Crippen molar-refractivity contribution in [2.24, 2.45) is 0 Å². The maximum Gasteiger partial charge on any atom is 0.220 e. The number of carbonyl (C=O) groups is 1. The summed E-state index contributed by atoms with van der Waals surface area (Å²) < 4.78 is 0. The van der Waals surface area contributed by atoms with E-state index in [1.807, 2.05) is 30.3 Å². The van der Waals surface area contributed by atoms with Crippen LogP contribution in [0.15, 0.2) is 30.3 Å². The summed E-state index contributed by atoms with van der Waals surface area (Å²) in [6.45, 7) is 0.535. The summed E-state index contributed by atoms with van der Waals surface area (Å²) in [5.41, 5.74) is 1.17. The van der Waals surface area contributed by atoms with Gasteiger partial charge in [-0.05, 0) is 12.0 Å². The molecular formula is C12H15N5O. The summed E-state index contributed by atoms with van der Waals surface area (Å²) in [5, 5.41) is 16.3. The first-order valence-corrected chi connectivity index (χ1v) is 5.87. The number of H-pyrrole nitrogens is 1. The van der Waals surface area contributed by atoms with Crippen LogP contribution in [-0.2, 0) is 17.6 Å². The third-order valence-corrected chi connectivity index (χ3v) is 2.54. The Labute approximate surface area is 105 Å². The van der Waals surface area contributed by atoms with Gasteiger partial charge < -0.3 is 5.32 Å². The topological polar surface area (TPSA) is 83.6 Å². The smallest absolute Gasteiger partial charge is 0.220 e. The second-order valence-corrected chi connectivity index (χ2v) is 3.91. The predicted molar refractivity (Wildman–Crippen MR) is 65.7 cm³/mol. The Bertz CT molecular complexity index is 468. The zero-order valence-corrected chi connectivity index (χ0v) is 9.97. The molecule has 2 rings (SSSR count). The zero-order chi connectivity index (χ0) is 12.6. The molecule has 0 unspecified atom stereocenters. The minimum Gasteiger partial charge on any atom is -0.356 e. The molecule has 6 heteroatoms. The Balaban J connectivity index is 1.63. The average Bonchev–Trinajstić information content (AvgIpc) is 2.91. The van der Waals surface area contributed by atoms with E-state index >= 15 is 0 Å². The van der Waals surface area contributed by atoms with Crippen molar-refractivity contribution in [2.75, 3.05) is 6.54 Å². The molecule has 0 aliphatic carbocycles. The van der Waals surface area contributed by atoms with Crippen LogP contribution in [0.5, 0.6) is 0 Å². The highest BCUT2D eigenvalue weighted by Crippen LogP contribution is 2.01. The van der Waals surface area contributed by atoms with Gasteiger partial charge in [-0.25, -0.2) is 0 Å². The lowest BCUT2D eigenvalue weighted by Crippen LogP contribution is -2.26. The maximum absolute atomic E-state index is 11.6. The van der Waals surface area contributed by atoms with Gasteiger partial charge in [-0.1, -0.05) is 35.5 Å². The molecule has 1 aromatic carbocycles. The molecule has 1 amide bonds. The lowest BCUT2D eigenvalue weighted by molar-refractivity contribution is -0.121. The summed E-state index contributed by atoms with van der Waals surface area (Å²) in [4.78, 5) is 11.6. The van der Waals surface area contributed by atoms with E-state index in [0.29, 0.717) is 25.2 Å². The third-order valence-electron chi connectivity index (χ3n) is 2.54. The van der Waals surface area contributed by atoms with Gasteiger partial charge in [0.1, 0.15) is 0 Å². The van der Waals surface area contributed by atoms with E-state index in [4.69, 9.17) is 0 Å². The fourth-order valence-electron chi connectivity index (χ4n) is 1.59. The standard InChI is InChI=1S/C12H15N5O/c18-12(7-6-10-4-2-1-3-5-10)13-9-8-11-14-16-17-15-11/h1-5H,6-9H2,(H,13,18)(H,14,15,16,17). The van der Waals surface area contributed by atoms with Crippen LogP contribution < -0.4 is 5.32 Å². The van der Waals surface area contributed by atoms with E-state index < -0.39 is 0 Å². The summed E-state index contributed by atoms with van der Waals surface area (Å²) in [6.07, 6.45) is 1.85. The van der Waals surface area contributed by atoms with Gasteiger partial charge in [0.15, 0.2) is 5.82 Å². The lowest BCUT2D eigenvalue weighted by Gasteiger charge is -2.03. The highest BCUT2D eigenvalue weighted by atomic mass is 16.1. The fourth-order valence-corrected chi connectivity index (χ4v) is 1.59. The Morgan fingerprint density at radius 3 is 2.78 bits per heavy atom. The van der Waals surface area contributed by atoms with Gasteiger partial charge >= 0.3 is 0 Å².